The van der Waals surface area contributed by atoms with E-state index in [1.165, 1.54) is 6.39 Å². The van der Waals surface area contributed by atoms with Gasteiger partial charge in [0.2, 0.25) is 6.39 Å². The third-order valence-electron chi connectivity index (χ3n) is 2.49. The van der Waals surface area contributed by atoms with Gasteiger partial charge in [-0.2, -0.15) is 4.98 Å². The third-order valence-corrected chi connectivity index (χ3v) is 2.99. The molecule has 0 spiro atoms. The molecular formula is C11H12ClN3O. The van der Waals surface area contributed by atoms with Crippen molar-refractivity contribution in [2.24, 2.45) is 0 Å². The van der Waals surface area contributed by atoms with Gasteiger partial charge in [0.25, 0.3) is 0 Å². The largest absolute Gasteiger partial charge is 0.343 e. The molecule has 2 aromatic heterocycles. The fourth-order valence-corrected chi connectivity index (χ4v) is 2.04. The number of rotatable bonds is 4. The van der Waals surface area contributed by atoms with E-state index in [2.05, 4.69) is 22.0 Å². The molecule has 2 unspecified atom stereocenters. The highest BCUT2D eigenvalue weighted by molar-refractivity contribution is 6.21. The average molecular weight is 238 g/mol. The van der Waals surface area contributed by atoms with E-state index in [-0.39, 0.29) is 11.3 Å². The standard InChI is InChI=1S/C11H12ClN3O/c1-2-8(9-5-3-4-6-13-9)10(12)11-14-7-16-15-11/h3-8,10H,2H2,1H3. The summed E-state index contributed by atoms with van der Waals surface area (Å²) in [7, 11) is 0. The molecule has 2 rings (SSSR count). The van der Waals surface area contributed by atoms with E-state index >= 15 is 0 Å². The molecule has 2 aromatic rings. The molecule has 2 heterocycles. The van der Waals surface area contributed by atoms with Crippen LogP contribution in [-0.2, 0) is 0 Å². The molecule has 84 valence electrons. The number of hydrogen-bond acceptors (Lipinski definition) is 4. The zero-order chi connectivity index (χ0) is 11.4. The topological polar surface area (TPSA) is 51.8 Å². The van der Waals surface area contributed by atoms with Crippen molar-refractivity contribution < 1.29 is 4.52 Å². The van der Waals surface area contributed by atoms with Crippen LogP contribution < -0.4 is 0 Å². The van der Waals surface area contributed by atoms with Gasteiger partial charge >= 0.3 is 0 Å². The summed E-state index contributed by atoms with van der Waals surface area (Å²) in [6, 6.07) is 5.79. The summed E-state index contributed by atoms with van der Waals surface area (Å²) in [6.07, 6.45) is 3.92. The van der Waals surface area contributed by atoms with Gasteiger partial charge in [0.05, 0.1) is 0 Å². The highest BCUT2D eigenvalue weighted by Crippen LogP contribution is 2.35. The van der Waals surface area contributed by atoms with Crippen LogP contribution in [0.25, 0.3) is 0 Å². The Labute approximate surface area is 98.7 Å². The Morgan fingerprint density at radius 2 is 2.25 bits per heavy atom. The molecular weight excluding hydrogens is 226 g/mol. The zero-order valence-electron chi connectivity index (χ0n) is 8.88. The van der Waals surface area contributed by atoms with Crippen LogP contribution in [0.15, 0.2) is 35.3 Å². The van der Waals surface area contributed by atoms with E-state index in [4.69, 9.17) is 16.1 Å². The molecule has 0 saturated heterocycles. The van der Waals surface area contributed by atoms with Gasteiger partial charge in [-0.25, -0.2) is 0 Å². The minimum absolute atomic E-state index is 0.0977. The lowest BCUT2D eigenvalue weighted by Crippen LogP contribution is -2.08. The molecule has 4 nitrogen and oxygen atoms in total. The average Bonchev–Trinajstić information content (AvgIpc) is 2.85. The van der Waals surface area contributed by atoms with Gasteiger partial charge in [0.1, 0.15) is 5.38 Å². The molecule has 5 heteroatoms. The van der Waals surface area contributed by atoms with E-state index < -0.39 is 0 Å². The molecule has 0 aliphatic rings. The summed E-state index contributed by atoms with van der Waals surface area (Å²) < 4.78 is 4.70. The molecule has 0 aromatic carbocycles. The van der Waals surface area contributed by atoms with E-state index in [0.29, 0.717) is 5.82 Å². The van der Waals surface area contributed by atoms with Crippen LogP contribution in [-0.4, -0.2) is 15.1 Å². The van der Waals surface area contributed by atoms with Gasteiger partial charge in [-0.05, 0) is 18.6 Å². The highest BCUT2D eigenvalue weighted by atomic mass is 35.5. The van der Waals surface area contributed by atoms with E-state index in [1.807, 2.05) is 18.2 Å². The van der Waals surface area contributed by atoms with Crippen molar-refractivity contribution in [3.05, 3.63) is 42.3 Å². The summed E-state index contributed by atoms with van der Waals surface area (Å²) in [5, 5.41) is 3.46. The van der Waals surface area contributed by atoms with Gasteiger partial charge < -0.3 is 4.52 Å². The van der Waals surface area contributed by atoms with Crippen molar-refractivity contribution in [1.29, 1.82) is 0 Å². The Kier molecular flexibility index (Phi) is 3.51. The van der Waals surface area contributed by atoms with Gasteiger partial charge in [0, 0.05) is 17.8 Å². The molecule has 0 radical (unpaired) electrons. The lowest BCUT2D eigenvalue weighted by Gasteiger charge is -2.17. The summed E-state index contributed by atoms with van der Waals surface area (Å²) >= 11 is 6.32. The quantitative estimate of drug-likeness (QED) is 0.768. The second kappa shape index (κ2) is 5.07. The molecule has 0 bridgehead atoms. The molecule has 0 saturated carbocycles. The number of pyridine rings is 1. The van der Waals surface area contributed by atoms with Crippen LogP contribution in [0.2, 0.25) is 0 Å². The first kappa shape index (κ1) is 11.1. The Balaban J connectivity index is 2.23. The van der Waals surface area contributed by atoms with E-state index in [0.717, 1.165) is 12.1 Å². The summed E-state index contributed by atoms with van der Waals surface area (Å²) in [5.41, 5.74) is 0.954. The normalized spacial score (nSPS) is 14.6. The summed E-state index contributed by atoms with van der Waals surface area (Å²) in [6.45, 7) is 2.06. The van der Waals surface area contributed by atoms with Gasteiger partial charge in [-0.15, -0.1) is 11.6 Å². The number of aromatic nitrogens is 3. The van der Waals surface area contributed by atoms with Crippen molar-refractivity contribution in [3.8, 4) is 0 Å². The maximum absolute atomic E-state index is 6.32. The predicted octanol–water partition coefficient (Wildman–Crippen LogP) is 2.94. The van der Waals surface area contributed by atoms with Crippen LogP contribution in [0.4, 0.5) is 0 Å². The van der Waals surface area contributed by atoms with Gasteiger partial charge in [-0.1, -0.05) is 18.1 Å². The minimum Gasteiger partial charge on any atom is -0.343 e. The maximum Gasteiger partial charge on any atom is 0.213 e. The number of halogens is 1. The van der Waals surface area contributed by atoms with Gasteiger partial charge in [-0.3, -0.25) is 4.98 Å². The fourth-order valence-electron chi connectivity index (χ4n) is 1.64. The van der Waals surface area contributed by atoms with Gasteiger partial charge in [0.15, 0.2) is 5.82 Å². The molecule has 2 atom stereocenters. The molecule has 16 heavy (non-hydrogen) atoms. The van der Waals surface area contributed by atoms with Crippen LogP contribution in [0.5, 0.6) is 0 Å². The van der Waals surface area contributed by atoms with E-state index in [9.17, 15) is 0 Å². The predicted molar refractivity (Wildman–Crippen MR) is 60.2 cm³/mol. The van der Waals surface area contributed by atoms with Crippen LogP contribution in [0, 0.1) is 0 Å². The Morgan fingerprint density at radius 3 is 2.81 bits per heavy atom. The minimum atomic E-state index is -0.307. The first-order valence-electron chi connectivity index (χ1n) is 5.14. The zero-order valence-corrected chi connectivity index (χ0v) is 9.63. The lowest BCUT2D eigenvalue weighted by molar-refractivity contribution is 0.405. The molecule has 0 fully saturated rings. The van der Waals surface area contributed by atoms with Crippen LogP contribution >= 0.6 is 11.6 Å². The van der Waals surface area contributed by atoms with Crippen molar-refractivity contribution in [2.75, 3.05) is 0 Å². The fraction of sp³-hybridized carbons (Fsp3) is 0.364. The second-order valence-corrected chi connectivity index (χ2v) is 3.93. The smallest absolute Gasteiger partial charge is 0.213 e. The van der Waals surface area contributed by atoms with Crippen LogP contribution in [0.1, 0.15) is 36.2 Å². The van der Waals surface area contributed by atoms with Crippen molar-refractivity contribution in [2.45, 2.75) is 24.6 Å². The first-order valence-corrected chi connectivity index (χ1v) is 5.57. The third kappa shape index (κ3) is 2.22. The number of nitrogens with zero attached hydrogens (tertiary/aromatic N) is 3. The highest BCUT2D eigenvalue weighted by Gasteiger charge is 2.25. The Morgan fingerprint density at radius 1 is 1.38 bits per heavy atom. The molecule has 0 aliphatic heterocycles. The first-order chi connectivity index (χ1) is 7.83. The van der Waals surface area contributed by atoms with Crippen molar-refractivity contribution >= 4 is 11.6 Å². The number of alkyl halides is 1. The molecule has 0 N–H and O–H groups in total. The van der Waals surface area contributed by atoms with Crippen molar-refractivity contribution in [3.63, 3.8) is 0 Å². The Bertz CT molecular complexity index is 418. The Hall–Kier alpha value is -1.42. The maximum atomic E-state index is 6.32. The summed E-state index contributed by atoms with van der Waals surface area (Å²) in [4.78, 5) is 8.28. The van der Waals surface area contributed by atoms with Crippen LogP contribution in [0.3, 0.4) is 0 Å². The monoisotopic (exact) mass is 237 g/mol. The molecule has 0 amide bonds. The van der Waals surface area contributed by atoms with Crippen molar-refractivity contribution in [1.82, 2.24) is 15.1 Å². The summed E-state index contributed by atoms with van der Waals surface area (Å²) in [5.74, 6) is 0.611. The SMILES string of the molecule is CCC(c1ccccn1)C(Cl)c1ncon1. The van der Waals surface area contributed by atoms with E-state index in [1.54, 1.807) is 6.20 Å². The lowest BCUT2D eigenvalue weighted by atomic mass is 9.97. The molecule has 0 aliphatic carbocycles. The number of hydrogen-bond donors (Lipinski definition) is 0. The second-order valence-electron chi connectivity index (χ2n) is 3.46.